The smallest absolute Gasteiger partial charge is 0.273 e. The Morgan fingerprint density at radius 3 is 3.00 bits per heavy atom. The monoisotopic (exact) mass is 242 g/mol. The Balaban J connectivity index is 2.61. The Hall–Kier alpha value is -1.17. The highest BCUT2D eigenvalue weighted by molar-refractivity contribution is 7.98. The fourth-order valence-electron chi connectivity index (χ4n) is 1.35. The first-order valence-corrected chi connectivity index (χ1v) is 6.69. The molecule has 0 unspecified atom stereocenters. The lowest BCUT2D eigenvalue weighted by atomic mass is 10.2. The Labute approximate surface area is 99.6 Å². The lowest BCUT2D eigenvalue weighted by molar-refractivity contribution is 0.0952. The van der Waals surface area contributed by atoms with Gasteiger partial charge in [-0.3, -0.25) is 9.89 Å². The van der Waals surface area contributed by atoms with E-state index in [1.165, 1.54) is 0 Å². The Kier molecular flexibility index (Phi) is 5.18. The molecule has 0 aliphatic rings. The van der Waals surface area contributed by atoms with Gasteiger partial charge < -0.3 is 11.1 Å². The lowest BCUT2D eigenvalue weighted by Crippen LogP contribution is -2.26. The summed E-state index contributed by atoms with van der Waals surface area (Å²) in [6.07, 6.45) is 3.78. The van der Waals surface area contributed by atoms with Crippen molar-refractivity contribution in [2.75, 3.05) is 24.3 Å². The van der Waals surface area contributed by atoms with Gasteiger partial charge in [0, 0.05) is 12.3 Å². The van der Waals surface area contributed by atoms with Gasteiger partial charge in [0.05, 0.1) is 11.4 Å². The maximum atomic E-state index is 11.7. The number of carbonyl (C=O) groups is 1. The molecule has 4 N–H and O–H groups in total. The van der Waals surface area contributed by atoms with Crippen LogP contribution in [-0.2, 0) is 6.42 Å². The molecule has 90 valence electrons. The van der Waals surface area contributed by atoms with E-state index in [4.69, 9.17) is 5.73 Å². The van der Waals surface area contributed by atoms with Crippen LogP contribution in [0, 0.1) is 0 Å². The maximum absolute atomic E-state index is 11.7. The predicted molar refractivity (Wildman–Crippen MR) is 67.7 cm³/mol. The first-order chi connectivity index (χ1) is 7.70. The molecule has 1 amide bonds. The van der Waals surface area contributed by atoms with Crippen LogP contribution in [0.1, 0.15) is 29.5 Å². The number of rotatable bonds is 6. The van der Waals surface area contributed by atoms with Crippen LogP contribution in [0.2, 0.25) is 0 Å². The number of nitrogens with two attached hydrogens (primary N) is 1. The van der Waals surface area contributed by atoms with E-state index in [1.807, 2.05) is 6.26 Å². The summed E-state index contributed by atoms with van der Waals surface area (Å²) >= 11 is 1.68. The molecule has 16 heavy (non-hydrogen) atoms. The molecule has 0 aromatic carbocycles. The van der Waals surface area contributed by atoms with Gasteiger partial charge in [0.25, 0.3) is 5.91 Å². The summed E-state index contributed by atoms with van der Waals surface area (Å²) in [6, 6.07) is 0. The Morgan fingerprint density at radius 2 is 2.38 bits per heavy atom. The molecule has 0 fully saturated rings. The molecule has 0 saturated heterocycles. The number of H-pyrrole nitrogens is 1. The minimum absolute atomic E-state index is 0.204. The Bertz CT molecular complexity index is 351. The zero-order chi connectivity index (χ0) is 12.0. The van der Waals surface area contributed by atoms with E-state index in [-0.39, 0.29) is 5.91 Å². The molecule has 0 bridgehead atoms. The van der Waals surface area contributed by atoms with E-state index in [1.54, 1.807) is 11.8 Å². The summed E-state index contributed by atoms with van der Waals surface area (Å²) in [7, 11) is 0. The molecule has 0 aliphatic carbocycles. The number of nitrogens with zero attached hydrogens (tertiary/aromatic N) is 1. The summed E-state index contributed by atoms with van der Waals surface area (Å²) in [5.41, 5.74) is 7.46. The van der Waals surface area contributed by atoms with Gasteiger partial charge in [-0.15, -0.1) is 0 Å². The van der Waals surface area contributed by atoms with Crippen molar-refractivity contribution in [3.8, 4) is 0 Å². The number of aryl methyl sites for hydroxylation is 1. The summed E-state index contributed by atoms with van der Waals surface area (Å²) in [4.78, 5) is 11.7. The van der Waals surface area contributed by atoms with Crippen molar-refractivity contribution in [2.24, 2.45) is 0 Å². The number of amides is 1. The summed E-state index contributed by atoms with van der Waals surface area (Å²) < 4.78 is 0. The third kappa shape index (κ3) is 3.16. The van der Waals surface area contributed by atoms with E-state index in [2.05, 4.69) is 22.4 Å². The summed E-state index contributed by atoms with van der Waals surface area (Å²) in [5.74, 6) is 0.683. The first-order valence-electron chi connectivity index (χ1n) is 5.30. The average molecular weight is 242 g/mol. The van der Waals surface area contributed by atoms with E-state index < -0.39 is 0 Å². The van der Waals surface area contributed by atoms with Gasteiger partial charge in [-0.1, -0.05) is 13.3 Å². The zero-order valence-corrected chi connectivity index (χ0v) is 10.5. The molecule has 1 aromatic heterocycles. The van der Waals surface area contributed by atoms with Crippen LogP contribution in [0.15, 0.2) is 0 Å². The van der Waals surface area contributed by atoms with E-state index in [0.717, 1.165) is 24.3 Å². The number of hydrogen-bond donors (Lipinski definition) is 3. The summed E-state index contributed by atoms with van der Waals surface area (Å²) in [5, 5.41) is 9.52. The maximum Gasteiger partial charge on any atom is 0.273 e. The van der Waals surface area contributed by atoms with Gasteiger partial charge in [0.15, 0.2) is 5.69 Å². The van der Waals surface area contributed by atoms with Crippen molar-refractivity contribution >= 4 is 23.4 Å². The minimum Gasteiger partial charge on any atom is -0.395 e. The highest BCUT2D eigenvalue weighted by Crippen LogP contribution is 2.15. The second kappa shape index (κ2) is 6.42. The number of aromatic amines is 1. The molecule has 1 aromatic rings. The van der Waals surface area contributed by atoms with E-state index in [9.17, 15) is 4.79 Å². The number of nitrogen functional groups attached to an aromatic ring is 1. The molecule has 6 heteroatoms. The number of carbonyl (C=O) groups excluding carboxylic acids is 1. The van der Waals surface area contributed by atoms with Crippen molar-refractivity contribution < 1.29 is 4.79 Å². The van der Waals surface area contributed by atoms with Crippen molar-refractivity contribution in [3.63, 3.8) is 0 Å². The molecular weight excluding hydrogens is 224 g/mol. The van der Waals surface area contributed by atoms with Gasteiger partial charge >= 0.3 is 0 Å². The number of thioether (sulfide) groups is 1. The fourth-order valence-corrected chi connectivity index (χ4v) is 1.66. The Morgan fingerprint density at radius 1 is 1.62 bits per heavy atom. The van der Waals surface area contributed by atoms with Crippen molar-refractivity contribution in [2.45, 2.75) is 19.8 Å². The van der Waals surface area contributed by atoms with Crippen LogP contribution in [0.4, 0.5) is 5.69 Å². The first kappa shape index (κ1) is 12.9. The van der Waals surface area contributed by atoms with E-state index >= 15 is 0 Å². The molecule has 0 radical (unpaired) electrons. The van der Waals surface area contributed by atoms with Gasteiger partial charge in [0.2, 0.25) is 0 Å². The number of hydrogen-bond acceptors (Lipinski definition) is 4. The van der Waals surface area contributed by atoms with Crippen molar-refractivity contribution in [3.05, 3.63) is 11.4 Å². The quantitative estimate of drug-likeness (QED) is 0.651. The van der Waals surface area contributed by atoms with Gasteiger partial charge in [-0.05, 0) is 12.7 Å². The average Bonchev–Trinajstić information content (AvgIpc) is 2.62. The predicted octanol–water partition coefficient (Wildman–Crippen LogP) is 1.04. The van der Waals surface area contributed by atoms with Crippen LogP contribution >= 0.6 is 11.8 Å². The van der Waals surface area contributed by atoms with Crippen LogP contribution in [0.5, 0.6) is 0 Å². The second-order valence-corrected chi connectivity index (χ2v) is 4.45. The molecule has 0 aliphatic heterocycles. The highest BCUT2D eigenvalue weighted by Gasteiger charge is 2.15. The van der Waals surface area contributed by atoms with Crippen LogP contribution in [0.3, 0.4) is 0 Å². The van der Waals surface area contributed by atoms with E-state index in [0.29, 0.717) is 17.9 Å². The number of nitrogens with one attached hydrogen (secondary N) is 2. The zero-order valence-electron chi connectivity index (χ0n) is 9.67. The number of anilines is 1. The molecule has 1 heterocycles. The normalized spacial score (nSPS) is 10.4. The van der Waals surface area contributed by atoms with Crippen LogP contribution in [-0.4, -0.2) is 34.7 Å². The second-order valence-electron chi connectivity index (χ2n) is 3.46. The fraction of sp³-hybridized carbons (Fsp3) is 0.600. The van der Waals surface area contributed by atoms with Gasteiger partial charge in [0.1, 0.15) is 0 Å². The SMILES string of the molecule is CCCc1[nH]nc(C(=O)NCCSC)c1N. The summed E-state index contributed by atoms with van der Waals surface area (Å²) in [6.45, 7) is 2.69. The molecule has 1 rings (SSSR count). The molecule has 0 saturated carbocycles. The largest absolute Gasteiger partial charge is 0.395 e. The topological polar surface area (TPSA) is 83.8 Å². The van der Waals surface area contributed by atoms with Crippen molar-refractivity contribution in [1.29, 1.82) is 0 Å². The van der Waals surface area contributed by atoms with Crippen molar-refractivity contribution in [1.82, 2.24) is 15.5 Å². The molecule has 5 nitrogen and oxygen atoms in total. The van der Waals surface area contributed by atoms with Crippen LogP contribution < -0.4 is 11.1 Å². The third-order valence-electron chi connectivity index (χ3n) is 2.19. The molecule has 0 atom stereocenters. The van der Waals surface area contributed by atoms with Crippen LogP contribution in [0.25, 0.3) is 0 Å². The lowest BCUT2D eigenvalue weighted by Gasteiger charge is -2.02. The molecular formula is C10H18N4OS. The minimum atomic E-state index is -0.204. The standard InChI is InChI=1S/C10H18N4OS/c1-3-4-7-8(11)9(14-13-7)10(15)12-5-6-16-2/h3-6,11H2,1-2H3,(H,12,15)(H,13,14). The third-order valence-corrected chi connectivity index (χ3v) is 2.80. The van der Waals surface area contributed by atoms with Gasteiger partial charge in [-0.2, -0.15) is 16.9 Å². The number of aromatic nitrogens is 2. The van der Waals surface area contributed by atoms with Gasteiger partial charge in [-0.25, -0.2) is 0 Å². The molecule has 0 spiro atoms. The highest BCUT2D eigenvalue weighted by atomic mass is 32.2.